The van der Waals surface area contributed by atoms with Gasteiger partial charge in [0.05, 0.1) is 19.8 Å². The SMILES string of the molecule is COc1cc(F)c(-c2c(OC)nc3ncnn3c2N2CCC(C)CC2)cc1F. The molecule has 0 unspecified atom stereocenters. The Hall–Kier alpha value is -2.97. The highest BCUT2D eigenvalue weighted by Crippen LogP contribution is 2.41. The van der Waals surface area contributed by atoms with Crippen LogP contribution in [-0.2, 0) is 0 Å². The van der Waals surface area contributed by atoms with E-state index in [4.69, 9.17) is 9.47 Å². The molecule has 1 saturated heterocycles. The van der Waals surface area contributed by atoms with E-state index in [1.165, 1.54) is 20.5 Å². The van der Waals surface area contributed by atoms with Gasteiger partial charge in [-0.2, -0.15) is 19.6 Å². The summed E-state index contributed by atoms with van der Waals surface area (Å²) < 4.78 is 41.3. The van der Waals surface area contributed by atoms with Crippen molar-refractivity contribution in [2.75, 3.05) is 32.2 Å². The van der Waals surface area contributed by atoms with Gasteiger partial charge in [-0.25, -0.2) is 8.78 Å². The van der Waals surface area contributed by atoms with Crippen molar-refractivity contribution >= 4 is 11.6 Å². The lowest BCUT2D eigenvalue weighted by molar-refractivity contribution is 0.382. The molecule has 0 atom stereocenters. The molecular formula is C19H21F2N5O2. The normalized spacial score (nSPS) is 15.2. The first-order valence-electron chi connectivity index (χ1n) is 9.09. The lowest BCUT2D eigenvalue weighted by Crippen LogP contribution is -2.35. The maximum Gasteiger partial charge on any atom is 0.257 e. The molecule has 4 rings (SSSR count). The molecule has 7 nitrogen and oxygen atoms in total. The van der Waals surface area contributed by atoms with E-state index in [9.17, 15) is 8.78 Å². The van der Waals surface area contributed by atoms with Crippen LogP contribution in [0.5, 0.6) is 11.6 Å². The van der Waals surface area contributed by atoms with E-state index in [-0.39, 0.29) is 17.2 Å². The molecule has 1 fully saturated rings. The number of methoxy groups -OCH3 is 2. The smallest absolute Gasteiger partial charge is 0.257 e. The number of ether oxygens (including phenoxy) is 2. The molecule has 28 heavy (non-hydrogen) atoms. The molecule has 2 aromatic heterocycles. The summed E-state index contributed by atoms with van der Waals surface area (Å²) in [6, 6.07) is 2.13. The second kappa shape index (κ2) is 7.21. The van der Waals surface area contributed by atoms with E-state index >= 15 is 0 Å². The van der Waals surface area contributed by atoms with E-state index in [0.717, 1.165) is 38.1 Å². The fourth-order valence-electron chi connectivity index (χ4n) is 3.58. The van der Waals surface area contributed by atoms with Gasteiger partial charge in [0.2, 0.25) is 5.88 Å². The van der Waals surface area contributed by atoms with Crippen LogP contribution in [-0.4, -0.2) is 46.9 Å². The third-order valence-electron chi connectivity index (χ3n) is 5.16. The van der Waals surface area contributed by atoms with E-state index in [1.807, 2.05) is 0 Å². The first-order chi connectivity index (χ1) is 13.5. The van der Waals surface area contributed by atoms with Gasteiger partial charge in [0, 0.05) is 24.7 Å². The third kappa shape index (κ3) is 3.00. The molecule has 0 radical (unpaired) electrons. The van der Waals surface area contributed by atoms with Gasteiger partial charge in [0.1, 0.15) is 18.0 Å². The number of hydrogen-bond donors (Lipinski definition) is 0. The second-order valence-electron chi connectivity index (χ2n) is 6.93. The van der Waals surface area contributed by atoms with Crippen molar-refractivity contribution in [3.8, 4) is 22.8 Å². The van der Waals surface area contributed by atoms with Gasteiger partial charge in [0.25, 0.3) is 5.78 Å². The fourth-order valence-corrected chi connectivity index (χ4v) is 3.58. The molecule has 9 heteroatoms. The quantitative estimate of drug-likeness (QED) is 0.682. The monoisotopic (exact) mass is 389 g/mol. The molecule has 1 aliphatic rings. The molecule has 0 N–H and O–H groups in total. The highest BCUT2D eigenvalue weighted by atomic mass is 19.1. The predicted molar refractivity (Wildman–Crippen MR) is 99.8 cm³/mol. The minimum absolute atomic E-state index is 0.0358. The van der Waals surface area contributed by atoms with Crippen molar-refractivity contribution in [2.24, 2.45) is 5.92 Å². The Bertz CT molecular complexity index is 1020. The number of anilines is 1. The molecule has 0 amide bonds. The predicted octanol–water partition coefficient (Wildman–Crippen LogP) is 3.32. The van der Waals surface area contributed by atoms with Gasteiger partial charge in [-0.3, -0.25) is 0 Å². The zero-order chi connectivity index (χ0) is 19.8. The zero-order valence-electron chi connectivity index (χ0n) is 15.9. The van der Waals surface area contributed by atoms with Gasteiger partial charge in [-0.1, -0.05) is 6.92 Å². The van der Waals surface area contributed by atoms with E-state index in [0.29, 0.717) is 23.1 Å². The summed E-state index contributed by atoms with van der Waals surface area (Å²) in [4.78, 5) is 10.6. The summed E-state index contributed by atoms with van der Waals surface area (Å²) >= 11 is 0. The second-order valence-corrected chi connectivity index (χ2v) is 6.93. The van der Waals surface area contributed by atoms with Crippen LogP contribution in [0.2, 0.25) is 0 Å². The first-order valence-corrected chi connectivity index (χ1v) is 9.09. The van der Waals surface area contributed by atoms with E-state index in [1.54, 1.807) is 4.52 Å². The molecule has 0 saturated carbocycles. The lowest BCUT2D eigenvalue weighted by atomic mass is 9.98. The molecule has 0 bridgehead atoms. The Morgan fingerprint density at radius 2 is 1.82 bits per heavy atom. The number of rotatable bonds is 4. The van der Waals surface area contributed by atoms with Crippen molar-refractivity contribution in [3.05, 3.63) is 30.1 Å². The van der Waals surface area contributed by atoms with Crippen LogP contribution < -0.4 is 14.4 Å². The number of nitrogens with zero attached hydrogens (tertiary/aromatic N) is 5. The van der Waals surface area contributed by atoms with Crippen molar-refractivity contribution in [1.29, 1.82) is 0 Å². The minimum atomic E-state index is -0.669. The van der Waals surface area contributed by atoms with Crippen LogP contribution >= 0.6 is 0 Å². The van der Waals surface area contributed by atoms with Gasteiger partial charge in [0.15, 0.2) is 11.6 Å². The summed E-state index contributed by atoms with van der Waals surface area (Å²) in [6.07, 6.45) is 3.35. The molecule has 3 heterocycles. The standard InChI is InChI=1S/C19H21F2N5O2/c1-11-4-6-25(7-5-11)18-16(12-8-14(21)15(27-2)9-13(12)20)17(28-3)24-19-22-10-23-26(18)19/h8-11H,4-7H2,1-3H3. The van der Waals surface area contributed by atoms with Crippen LogP contribution in [0.4, 0.5) is 14.6 Å². The fraction of sp³-hybridized carbons (Fsp3) is 0.421. The van der Waals surface area contributed by atoms with E-state index < -0.39 is 11.6 Å². The van der Waals surface area contributed by atoms with Crippen molar-refractivity contribution in [1.82, 2.24) is 19.6 Å². The first kappa shape index (κ1) is 18.4. The number of fused-ring (bicyclic) bond motifs is 1. The van der Waals surface area contributed by atoms with Crippen molar-refractivity contribution in [3.63, 3.8) is 0 Å². The maximum atomic E-state index is 15.0. The number of piperidine rings is 1. The van der Waals surface area contributed by atoms with Gasteiger partial charge in [-0.05, 0) is 24.8 Å². The van der Waals surface area contributed by atoms with Crippen LogP contribution in [0.1, 0.15) is 19.8 Å². The van der Waals surface area contributed by atoms with Crippen molar-refractivity contribution < 1.29 is 18.3 Å². The van der Waals surface area contributed by atoms with Crippen LogP contribution in [0.15, 0.2) is 18.5 Å². The van der Waals surface area contributed by atoms with Crippen LogP contribution in [0.3, 0.4) is 0 Å². The average molecular weight is 389 g/mol. The Kier molecular flexibility index (Phi) is 4.74. The molecule has 148 valence electrons. The molecule has 0 spiro atoms. The summed E-state index contributed by atoms with van der Waals surface area (Å²) in [7, 11) is 2.74. The Morgan fingerprint density at radius 3 is 2.50 bits per heavy atom. The molecule has 0 aliphatic carbocycles. The van der Waals surface area contributed by atoms with E-state index in [2.05, 4.69) is 26.9 Å². The Balaban J connectivity index is 1.99. The summed E-state index contributed by atoms with van der Waals surface area (Å²) in [5, 5.41) is 4.27. The van der Waals surface area contributed by atoms with Crippen LogP contribution in [0.25, 0.3) is 16.9 Å². The zero-order valence-corrected chi connectivity index (χ0v) is 15.9. The maximum absolute atomic E-state index is 15.0. The highest BCUT2D eigenvalue weighted by molar-refractivity contribution is 5.82. The highest BCUT2D eigenvalue weighted by Gasteiger charge is 2.28. The Morgan fingerprint density at radius 1 is 1.07 bits per heavy atom. The van der Waals surface area contributed by atoms with Gasteiger partial charge < -0.3 is 14.4 Å². The largest absolute Gasteiger partial charge is 0.494 e. The number of halogens is 2. The summed E-state index contributed by atoms with van der Waals surface area (Å²) in [5.41, 5.74) is 0.378. The lowest BCUT2D eigenvalue weighted by Gasteiger charge is -2.33. The molecule has 1 aromatic carbocycles. The number of aromatic nitrogens is 4. The number of benzene rings is 1. The molecular weight excluding hydrogens is 368 g/mol. The van der Waals surface area contributed by atoms with Crippen LogP contribution in [0, 0.1) is 17.6 Å². The molecule has 3 aromatic rings. The van der Waals surface area contributed by atoms with Crippen molar-refractivity contribution in [2.45, 2.75) is 19.8 Å². The topological polar surface area (TPSA) is 64.8 Å². The average Bonchev–Trinajstić information content (AvgIpc) is 3.17. The van der Waals surface area contributed by atoms with Gasteiger partial charge in [-0.15, -0.1) is 0 Å². The summed E-state index contributed by atoms with van der Waals surface area (Å²) in [6.45, 7) is 3.72. The third-order valence-corrected chi connectivity index (χ3v) is 5.16. The number of hydrogen-bond acceptors (Lipinski definition) is 6. The minimum Gasteiger partial charge on any atom is -0.494 e. The summed E-state index contributed by atoms with van der Waals surface area (Å²) in [5.74, 6) is 0.228. The Labute approximate surface area is 160 Å². The molecule has 1 aliphatic heterocycles. The van der Waals surface area contributed by atoms with Gasteiger partial charge >= 0.3 is 0 Å².